The molecule has 64 valence electrons. The van der Waals surface area contributed by atoms with Crippen LogP contribution in [0, 0.1) is 12.3 Å². The molecular weight excluding hydrogens is 168 g/mol. The van der Waals surface area contributed by atoms with Crippen molar-refractivity contribution in [2.75, 3.05) is 6.79 Å². The van der Waals surface area contributed by atoms with Crippen LogP contribution in [0.25, 0.3) is 0 Å². The monoisotopic (exact) mass is 174 g/mol. The minimum absolute atomic E-state index is 0.182. The van der Waals surface area contributed by atoms with E-state index in [-0.39, 0.29) is 6.79 Å². The van der Waals surface area contributed by atoms with E-state index in [0.29, 0.717) is 28.9 Å². The van der Waals surface area contributed by atoms with Crippen LogP contribution < -0.4 is 9.47 Å². The Labute approximate surface area is 75.3 Å². The van der Waals surface area contributed by atoms with Crippen molar-refractivity contribution in [2.24, 2.45) is 0 Å². The maximum absolute atomic E-state index is 10.6. The molecule has 0 bridgehead atoms. The van der Waals surface area contributed by atoms with Crippen LogP contribution in [-0.4, -0.2) is 13.1 Å². The molecular formula is C10H6O3. The third-order valence-electron chi connectivity index (χ3n) is 1.83. The molecule has 0 aliphatic carbocycles. The molecule has 1 heterocycles. The van der Waals surface area contributed by atoms with E-state index in [2.05, 4.69) is 5.92 Å². The zero-order valence-corrected chi connectivity index (χ0v) is 6.74. The van der Waals surface area contributed by atoms with Crippen LogP contribution >= 0.6 is 0 Å². The van der Waals surface area contributed by atoms with E-state index in [1.165, 1.54) is 0 Å². The van der Waals surface area contributed by atoms with Gasteiger partial charge < -0.3 is 9.47 Å². The van der Waals surface area contributed by atoms with Crippen LogP contribution in [-0.2, 0) is 0 Å². The summed E-state index contributed by atoms with van der Waals surface area (Å²) in [6.07, 6.45) is 5.92. The van der Waals surface area contributed by atoms with Gasteiger partial charge >= 0.3 is 0 Å². The first-order chi connectivity index (χ1) is 6.35. The van der Waals surface area contributed by atoms with E-state index in [9.17, 15) is 4.79 Å². The highest BCUT2D eigenvalue weighted by Crippen LogP contribution is 2.33. The predicted molar refractivity (Wildman–Crippen MR) is 45.9 cm³/mol. The number of benzene rings is 1. The van der Waals surface area contributed by atoms with Gasteiger partial charge in [0.25, 0.3) is 0 Å². The highest BCUT2D eigenvalue weighted by Gasteiger charge is 2.15. The highest BCUT2D eigenvalue weighted by molar-refractivity contribution is 5.81. The largest absolute Gasteiger partial charge is 0.454 e. The molecule has 3 heteroatoms. The molecule has 0 saturated heterocycles. The van der Waals surface area contributed by atoms with Crippen LogP contribution in [0.4, 0.5) is 0 Å². The molecule has 1 aromatic rings. The third kappa shape index (κ3) is 1.13. The van der Waals surface area contributed by atoms with Crippen molar-refractivity contribution >= 4 is 6.29 Å². The minimum atomic E-state index is 0.182. The maximum Gasteiger partial charge on any atom is 0.231 e. The first-order valence-corrected chi connectivity index (χ1v) is 3.70. The maximum atomic E-state index is 10.6. The molecule has 0 N–H and O–H groups in total. The first kappa shape index (κ1) is 7.69. The van der Waals surface area contributed by atoms with E-state index in [1.807, 2.05) is 0 Å². The summed E-state index contributed by atoms with van der Waals surface area (Å²) < 4.78 is 10.2. The molecule has 0 fully saturated rings. The molecule has 0 spiro atoms. The van der Waals surface area contributed by atoms with Gasteiger partial charge in [-0.1, -0.05) is 5.92 Å². The summed E-state index contributed by atoms with van der Waals surface area (Å²) in [6.45, 7) is 0.182. The predicted octanol–water partition coefficient (Wildman–Crippen LogP) is 1.21. The van der Waals surface area contributed by atoms with Crippen LogP contribution in [0.3, 0.4) is 0 Å². The standard InChI is InChI=1S/C10H6O3/c1-2-7-3-9-10(13-6-12-9)4-8(7)5-11/h1,3-5H,6H2. The van der Waals surface area contributed by atoms with Gasteiger partial charge in [0.15, 0.2) is 17.8 Å². The van der Waals surface area contributed by atoms with Crippen molar-refractivity contribution in [1.29, 1.82) is 0 Å². The summed E-state index contributed by atoms with van der Waals surface area (Å²) in [5.74, 6) is 3.58. The van der Waals surface area contributed by atoms with E-state index < -0.39 is 0 Å². The number of fused-ring (bicyclic) bond motifs is 1. The summed E-state index contributed by atoms with van der Waals surface area (Å²) in [5, 5.41) is 0. The summed E-state index contributed by atoms with van der Waals surface area (Å²) in [4.78, 5) is 10.6. The Morgan fingerprint density at radius 3 is 2.69 bits per heavy atom. The lowest BCUT2D eigenvalue weighted by Crippen LogP contribution is -1.92. The Bertz CT molecular complexity index is 401. The van der Waals surface area contributed by atoms with Gasteiger partial charge in [-0.2, -0.15) is 0 Å². The smallest absolute Gasteiger partial charge is 0.231 e. The van der Waals surface area contributed by atoms with Crippen molar-refractivity contribution in [3.05, 3.63) is 23.3 Å². The number of ether oxygens (including phenoxy) is 2. The van der Waals surface area contributed by atoms with Gasteiger partial charge in [0.1, 0.15) is 0 Å². The van der Waals surface area contributed by atoms with E-state index >= 15 is 0 Å². The minimum Gasteiger partial charge on any atom is -0.454 e. The normalized spacial score (nSPS) is 12.2. The molecule has 3 nitrogen and oxygen atoms in total. The molecule has 0 saturated carbocycles. The second-order valence-electron chi connectivity index (χ2n) is 2.55. The second kappa shape index (κ2) is 2.83. The summed E-state index contributed by atoms with van der Waals surface area (Å²) in [5.41, 5.74) is 0.978. The van der Waals surface area contributed by atoms with Crippen LogP contribution in [0.15, 0.2) is 12.1 Å². The topological polar surface area (TPSA) is 35.5 Å². The Kier molecular flexibility index (Phi) is 1.67. The molecule has 0 radical (unpaired) electrons. The zero-order valence-electron chi connectivity index (χ0n) is 6.74. The van der Waals surface area contributed by atoms with E-state index in [0.717, 1.165) is 0 Å². The van der Waals surface area contributed by atoms with Crippen molar-refractivity contribution in [2.45, 2.75) is 0 Å². The number of carbonyl (C=O) groups excluding carboxylic acids is 1. The molecule has 2 rings (SSSR count). The molecule has 0 atom stereocenters. The lowest BCUT2D eigenvalue weighted by atomic mass is 10.1. The van der Waals surface area contributed by atoms with Crippen molar-refractivity contribution < 1.29 is 14.3 Å². The Morgan fingerprint density at radius 2 is 2.08 bits per heavy atom. The van der Waals surface area contributed by atoms with E-state index in [1.54, 1.807) is 12.1 Å². The number of terminal acetylenes is 1. The number of hydrogen-bond donors (Lipinski definition) is 0. The summed E-state index contributed by atoms with van der Waals surface area (Å²) >= 11 is 0. The van der Waals surface area contributed by atoms with Gasteiger partial charge in [0.2, 0.25) is 6.79 Å². The van der Waals surface area contributed by atoms with E-state index in [4.69, 9.17) is 15.9 Å². The fourth-order valence-electron chi connectivity index (χ4n) is 1.18. The lowest BCUT2D eigenvalue weighted by Gasteiger charge is -1.99. The van der Waals surface area contributed by atoms with Gasteiger partial charge in [-0.15, -0.1) is 6.42 Å². The Morgan fingerprint density at radius 1 is 1.38 bits per heavy atom. The Hall–Kier alpha value is -1.95. The second-order valence-corrected chi connectivity index (χ2v) is 2.55. The van der Waals surface area contributed by atoms with Crippen LogP contribution in [0.2, 0.25) is 0 Å². The van der Waals surface area contributed by atoms with Gasteiger partial charge in [0.05, 0.1) is 0 Å². The molecule has 13 heavy (non-hydrogen) atoms. The summed E-state index contributed by atoms with van der Waals surface area (Å²) in [6, 6.07) is 3.22. The van der Waals surface area contributed by atoms with Crippen molar-refractivity contribution in [3.8, 4) is 23.8 Å². The van der Waals surface area contributed by atoms with Crippen molar-refractivity contribution in [1.82, 2.24) is 0 Å². The fraction of sp³-hybridized carbons (Fsp3) is 0.100. The first-order valence-electron chi connectivity index (χ1n) is 3.70. The molecule has 0 unspecified atom stereocenters. The third-order valence-corrected chi connectivity index (χ3v) is 1.83. The molecule has 1 aliphatic rings. The number of rotatable bonds is 1. The van der Waals surface area contributed by atoms with Crippen molar-refractivity contribution in [3.63, 3.8) is 0 Å². The highest BCUT2D eigenvalue weighted by atomic mass is 16.7. The number of carbonyl (C=O) groups is 1. The molecule has 1 aromatic carbocycles. The molecule has 0 amide bonds. The lowest BCUT2D eigenvalue weighted by molar-refractivity contribution is 0.112. The fourth-order valence-corrected chi connectivity index (χ4v) is 1.18. The van der Waals surface area contributed by atoms with Gasteiger partial charge in [0, 0.05) is 17.2 Å². The van der Waals surface area contributed by atoms with Crippen LogP contribution in [0.5, 0.6) is 11.5 Å². The molecule has 1 aliphatic heterocycles. The number of hydrogen-bond acceptors (Lipinski definition) is 3. The average Bonchev–Trinajstić information content (AvgIpc) is 2.62. The van der Waals surface area contributed by atoms with Gasteiger partial charge in [-0.25, -0.2) is 0 Å². The average molecular weight is 174 g/mol. The van der Waals surface area contributed by atoms with Gasteiger partial charge in [-0.3, -0.25) is 4.79 Å². The number of aldehydes is 1. The Balaban J connectivity index is 2.61. The van der Waals surface area contributed by atoms with Gasteiger partial charge in [-0.05, 0) is 6.07 Å². The SMILES string of the molecule is C#Cc1cc2c(cc1C=O)OCO2. The summed E-state index contributed by atoms with van der Waals surface area (Å²) in [7, 11) is 0. The quantitative estimate of drug-likeness (QED) is 0.474. The van der Waals surface area contributed by atoms with Crippen LogP contribution in [0.1, 0.15) is 15.9 Å². The molecule has 0 aromatic heterocycles. The zero-order chi connectivity index (χ0) is 9.26.